The molecule has 1 aliphatic heterocycles. The third-order valence-electron chi connectivity index (χ3n) is 3.51. The van der Waals surface area contributed by atoms with Crippen LogP contribution in [0.15, 0.2) is 18.2 Å². The lowest BCUT2D eigenvalue weighted by Crippen LogP contribution is -2.44. The minimum atomic E-state index is -1.10. The molecule has 1 aromatic carbocycles. The van der Waals surface area contributed by atoms with Gasteiger partial charge in [0.1, 0.15) is 0 Å². The Kier molecular flexibility index (Phi) is 5.03. The fourth-order valence-electron chi connectivity index (χ4n) is 2.27. The van der Waals surface area contributed by atoms with E-state index in [0.29, 0.717) is 5.69 Å². The number of urea groups is 1. The summed E-state index contributed by atoms with van der Waals surface area (Å²) in [5.41, 5.74) is 0.480. The zero-order chi connectivity index (χ0) is 15.4. The molecular formula is C14H18ClN3O3. The van der Waals surface area contributed by atoms with Crippen LogP contribution in [-0.2, 0) is 0 Å². The number of aromatic carboxylic acids is 1. The predicted molar refractivity (Wildman–Crippen MR) is 81.1 cm³/mol. The number of nitrogens with zero attached hydrogens (tertiary/aromatic N) is 1. The highest BCUT2D eigenvalue weighted by Crippen LogP contribution is 2.21. The first-order valence-electron chi connectivity index (χ1n) is 6.74. The number of hydrogen-bond donors (Lipinski definition) is 3. The molecule has 2 amide bonds. The predicted octanol–water partition coefficient (Wildman–Crippen LogP) is 2.25. The molecule has 2 rings (SSSR count). The molecule has 1 aromatic rings. The smallest absolute Gasteiger partial charge is 0.337 e. The van der Waals surface area contributed by atoms with Crippen LogP contribution in [0.2, 0.25) is 5.02 Å². The standard InChI is InChI=1S/C14H18ClN3O3/c1-18-6-4-9(5-7-18)16-14(21)17-10-2-3-11(13(19)20)12(15)8-10/h2-3,8-9H,4-7H2,1H3,(H,19,20)(H2,16,17,21). The summed E-state index contributed by atoms with van der Waals surface area (Å²) in [7, 11) is 2.06. The number of anilines is 1. The number of benzene rings is 1. The van der Waals surface area contributed by atoms with Gasteiger partial charge in [-0.2, -0.15) is 0 Å². The number of halogens is 1. The maximum absolute atomic E-state index is 11.9. The Bertz CT molecular complexity index is 542. The average molecular weight is 312 g/mol. The van der Waals surface area contributed by atoms with Crippen LogP contribution in [0.4, 0.5) is 10.5 Å². The molecule has 1 fully saturated rings. The number of carbonyl (C=O) groups excluding carboxylic acids is 1. The van der Waals surface area contributed by atoms with E-state index in [0.717, 1.165) is 25.9 Å². The van der Waals surface area contributed by atoms with Crippen LogP contribution in [0.25, 0.3) is 0 Å². The van der Waals surface area contributed by atoms with Gasteiger partial charge in [0.05, 0.1) is 10.6 Å². The highest BCUT2D eigenvalue weighted by molar-refractivity contribution is 6.33. The van der Waals surface area contributed by atoms with Crippen LogP contribution in [-0.4, -0.2) is 48.2 Å². The van der Waals surface area contributed by atoms with Gasteiger partial charge in [0.25, 0.3) is 0 Å². The summed E-state index contributed by atoms with van der Waals surface area (Å²) in [4.78, 5) is 25.0. The molecule has 6 nitrogen and oxygen atoms in total. The molecule has 0 unspecified atom stereocenters. The molecule has 1 aliphatic rings. The van der Waals surface area contributed by atoms with Gasteiger partial charge in [-0.3, -0.25) is 0 Å². The second-order valence-electron chi connectivity index (χ2n) is 5.18. The fourth-order valence-corrected chi connectivity index (χ4v) is 2.53. The van der Waals surface area contributed by atoms with E-state index in [9.17, 15) is 9.59 Å². The average Bonchev–Trinajstić information content (AvgIpc) is 2.41. The van der Waals surface area contributed by atoms with Gasteiger partial charge >= 0.3 is 12.0 Å². The van der Waals surface area contributed by atoms with Crippen molar-refractivity contribution in [3.8, 4) is 0 Å². The first kappa shape index (κ1) is 15.6. The molecule has 0 saturated carbocycles. The summed E-state index contributed by atoms with van der Waals surface area (Å²) in [6.07, 6.45) is 1.84. The van der Waals surface area contributed by atoms with E-state index in [1.54, 1.807) is 0 Å². The lowest BCUT2D eigenvalue weighted by atomic mass is 10.1. The number of hydrogen-bond acceptors (Lipinski definition) is 3. The minimum Gasteiger partial charge on any atom is -0.478 e. The maximum Gasteiger partial charge on any atom is 0.337 e. The lowest BCUT2D eigenvalue weighted by molar-refractivity contribution is 0.0697. The minimum absolute atomic E-state index is 0.0120. The number of likely N-dealkylation sites (tertiary alicyclic amines) is 1. The molecule has 1 saturated heterocycles. The zero-order valence-electron chi connectivity index (χ0n) is 11.7. The molecule has 114 valence electrons. The zero-order valence-corrected chi connectivity index (χ0v) is 12.5. The molecular weight excluding hydrogens is 294 g/mol. The van der Waals surface area contributed by atoms with Gasteiger partial charge in [-0.25, -0.2) is 9.59 Å². The Morgan fingerprint density at radius 1 is 1.33 bits per heavy atom. The summed E-state index contributed by atoms with van der Waals surface area (Å²) in [5, 5.41) is 14.6. The van der Waals surface area contributed by atoms with Crippen molar-refractivity contribution >= 4 is 29.3 Å². The fraction of sp³-hybridized carbons (Fsp3) is 0.429. The maximum atomic E-state index is 11.9. The van der Waals surface area contributed by atoms with Crippen molar-refractivity contribution < 1.29 is 14.7 Å². The van der Waals surface area contributed by atoms with Crippen LogP contribution in [0.5, 0.6) is 0 Å². The van der Waals surface area contributed by atoms with Gasteiger partial charge in [-0.05, 0) is 51.2 Å². The van der Waals surface area contributed by atoms with Crippen LogP contribution in [0.1, 0.15) is 23.2 Å². The number of nitrogens with one attached hydrogen (secondary N) is 2. The first-order chi connectivity index (χ1) is 9.95. The van der Waals surface area contributed by atoms with Gasteiger partial charge in [-0.15, -0.1) is 0 Å². The molecule has 0 radical (unpaired) electrons. The SMILES string of the molecule is CN1CCC(NC(=O)Nc2ccc(C(=O)O)c(Cl)c2)CC1. The molecule has 1 heterocycles. The summed E-state index contributed by atoms with van der Waals surface area (Å²) in [5.74, 6) is -1.10. The molecule has 0 bridgehead atoms. The summed E-state index contributed by atoms with van der Waals surface area (Å²) in [6.45, 7) is 1.92. The van der Waals surface area contributed by atoms with Gasteiger partial charge in [0.15, 0.2) is 0 Å². The Morgan fingerprint density at radius 2 is 2.00 bits per heavy atom. The molecule has 7 heteroatoms. The van der Waals surface area contributed by atoms with Crippen molar-refractivity contribution in [2.24, 2.45) is 0 Å². The van der Waals surface area contributed by atoms with E-state index >= 15 is 0 Å². The van der Waals surface area contributed by atoms with Crippen molar-refractivity contribution in [3.63, 3.8) is 0 Å². The van der Waals surface area contributed by atoms with E-state index in [1.165, 1.54) is 18.2 Å². The van der Waals surface area contributed by atoms with Gasteiger partial charge in [-0.1, -0.05) is 11.6 Å². The van der Waals surface area contributed by atoms with E-state index in [4.69, 9.17) is 16.7 Å². The van der Waals surface area contributed by atoms with Crippen molar-refractivity contribution in [2.45, 2.75) is 18.9 Å². The number of amides is 2. The Hall–Kier alpha value is -1.79. The van der Waals surface area contributed by atoms with E-state index in [-0.39, 0.29) is 22.7 Å². The Labute approximate surface area is 128 Å². The third-order valence-corrected chi connectivity index (χ3v) is 3.82. The first-order valence-corrected chi connectivity index (χ1v) is 7.12. The molecule has 0 spiro atoms. The number of rotatable bonds is 3. The van der Waals surface area contributed by atoms with Crippen molar-refractivity contribution in [1.82, 2.24) is 10.2 Å². The molecule has 0 aromatic heterocycles. The van der Waals surface area contributed by atoms with Crippen LogP contribution in [0.3, 0.4) is 0 Å². The normalized spacial score (nSPS) is 16.5. The van der Waals surface area contributed by atoms with Crippen molar-refractivity contribution in [2.75, 3.05) is 25.5 Å². The second-order valence-corrected chi connectivity index (χ2v) is 5.58. The van der Waals surface area contributed by atoms with Crippen LogP contribution < -0.4 is 10.6 Å². The topological polar surface area (TPSA) is 81.7 Å². The molecule has 0 aliphatic carbocycles. The van der Waals surface area contributed by atoms with E-state index in [1.807, 2.05) is 0 Å². The largest absolute Gasteiger partial charge is 0.478 e. The highest BCUT2D eigenvalue weighted by atomic mass is 35.5. The quantitative estimate of drug-likeness (QED) is 0.799. The lowest BCUT2D eigenvalue weighted by Gasteiger charge is -2.29. The summed E-state index contributed by atoms with van der Waals surface area (Å²) < 4.78 is 0. The highest BCUT2D eigenvalue weighted by Gasteiger charge is 2.18. The van der Waals surface area contributed by atoms with Crippen molar-refractivity contribution in [1.29, 1.82) is 0 Å². The third kappa shape index (κ3) is 4.34. The number of carboxylic acids is 1. The van der Waals surface area contributed by atoms with E-state index in [2.05, 4.69) is 22.6 Å². The number of carboxylic acid groups (broad SMARTS) is 1. The second kappa shape index (κ2) is 6.78. The molecule has 3 N–H and O–H groups in total. The summed E-state index contributed by atoms with van der Waals surface area (Å²) in [6, 6.07) is 4.18. The van der Waals surface area contributed by atoms with Crippen molar-refractivity contribution in [3.05, 3.63) is 28.8 Å². The van der Waals surface area contributed by atoms with Crippen LogP contribution in [0, 0.1) is 0 Å². The van der Waals surface area contributed by atoms with Gasteiger partial charge in [0, 0.05) is 11.7 Å². The Balaban J connectivity index is 1.91. The van der Waals surface area contributed by atoms with Crippen LogP contribution >= 0.6 is 11.6 Å². The Morgan fingerprint density at radius 3 is 2.57 bits per heavy atom. The van der Waals surface area contributed by atoms with E-state index < -0.39 is 5.97 Å². The number of carbonyl (C=O) groups is 2. The monoisotopic (exact) mass is 311 g/mol. The molecule has 0 atom stereocenters. The molecule has 21 heavy (non-hydrogen) atoms. The summed E-state index contributed by atoms with van der Waals surface area (Å²) >= 11 is 5.86. The van der Waals surface area contributed by atoms with Gasteiger partial charge in [0.2, 0.25) is 0 Å². The number of piperidine rings is 1. The van der Waals surface area contributed by atoms with Gasteiger partial charge < -0.3 is 20.6 Å².